The van der Waals surface area contributed by atoms with Gasteiger partial charge in [0.05, 0.1) is 13.3 Å². The van der Waals surface area contributed by atoms with Crippen LogP contribution in [-0.4, -0.2) is 28.6 Å². The lowest BCUT2D eigenvalue weighted by molar-refractivity contribution is 0.380. The first kappa shape index (κ1) is 13.7. The van der Waals surface area contributed by atoms with Crippen molar-refractivity contribution >= 4 is 28.3 Å². The quantitative estimate of drug-likeness (QED) is 0.759. The lowest BCUT2D eigenvalue weighted by atomic mass is 10.1. The molecule has 0 aliphatic rings. The monoisotopic (exact) mass is 302 g/mol. The molecule has 3 aromatic rings. The van der Waals surface area contributed by atoms with Gasteiger partial charge in [0, 0.05) is 23.6 Å². The zero-order valence-corrected chi connectivity index (χ0v) is 12.3. The van der Waals surface area contributed by atoms with E-state index in [9.17, 15) is 0 Å². The summed E-state index contributed by atoms with van der Waals surface area (Å²) in [5.41, 5.74) is 2.41. The Bertz CT molecular complexity index is 756. The van der Waals surface area contributed by atoms with Crippen LogP contribution >= 0.6 is 11.6 Å². The van der Waals surface area contributed by atoms with Crippen LogP contribution in [-0.2, 0) is 6.42 Å². The minimum atomic E-state index is 0.300. The number of hydrogen-bond donors (Lipinski definition) is 2. The Hall–Kier alpha value is -2.27. The van der Waals surface area contributed by atoms with E-state index in [0.29, 0.717) is 16.9 Å². The normalized spacial score (nSPS) is 10.8. The number of ether oxygens (including phenoxy) is 1. The molecule has 108 valence electrons. The van der Waals surface area contributed by atoms with Gasteiger partial charge in [0.25, 0.3) is 0 Å². The molecule has 0 spiro atoms. The van der Waals surface area contributed by atoms with E-state index in [-0.39, 0.29) is 0 Å². The first-order chi connectivity index (χ1) is 10.3. The van der Waals surface area contributed by atoms with E-state index in [2.05, 4.69) is 32.4 Å². The molecule has 0 radical (unpaired) electrons. The standard InChI is InChI=1S/C15H15ClN4O/c1-21-15-19-9-12(16)14(20-15)17-7-6-10-8-18-13-5-3-2-4-11(10)13/h2-5,8-9,18H,6-7H2,1H3,(H,17,19,20). The van der Waals surface area contributed by atoms with Crippen LogP contribution in [0.25, 0.3) is 10.9 Å². The predicted molar refractivity (Wildman–Crippen MR) is 84.1 cm³/mol. The van der Waals surface area contributed by atoms with Gasteiger partial charge >= 0.3 is 6.01 Å². The average Bonchev–Trinajstić information content (AvgIpc) is 2.93. The number of hydrogen-bond acceptors (Lipinski definition) is 4. The van der Waals surface area contributed by atoms with Crippen molar-refractivity contribution in [3.63, 3.8) is 0 Å². The fourth-order valence-electron chi connectivity index (χ4n) is 2.23. The maximum absolute atomic E-state index is 6.06. The van der Waals surface area contributed by atoms with Gasteiger partial charge in [-0.25, -0.2) is 4.98 Å². The van der Waals surface area contributed by atoms with E-state index in [1.165, 1.54) is 24.3 Å². The summed E-state index contributed by atoms with van der Waals surface area (Å²) in [5, 5.41) is 4.94. The van der Waals surface area contributed by atoms with Crippen molar-refractivity contribution in [2.45, 2.75) is 6.42 Å². The van der Waals surface area contributed by atoms with E-state index < -0.39 is 0 Å². The van der Waals surface area contributed by atoms with E-state index in [1.54, 1.807) is 0 Å². The highest BCUT2D eigenvalue weighted by molar-refractivity contribution is 6.32. The van der Waals surface area contributed by atoms with Crippen molar-refractivity contribution in [3.05, 3.63) is 47.2 Å². The largest absolute Gasteiger partial charge is 0.467 e. The summed E-state index contributed by atoms with van der Waals surface area (Å²) in [7, 11) is 1.53. The minimum Gasteiger partial charge on any atom is -0.467 e. The highest BCUT2D eigenvalue weighted by Crippen LogP contribution is 2.21. The molecule has 5 nitrogen and oxygen atoms in total. The van der Waals surface area contributed by atoms with Crippen LogP contribution in [0.15, 0.2) is 36.7 Å². The summed E-state index contributed by atoms with van der Waals surface area (Å²) in [6.07, 6.45) is 4.43. The van der Waals surface area contributed by atoms with Crippen molar-refractivity contribution in [1.29, 1.82) is 0 Å². The van der Waals surface area contributed by atoms with Crippen molar-refractivity contribution in [1.82, 2.24) is 15.0 Å². The number of aromatic nitrogens is 3. The summed E-state index contributed by atoms with van der Waals surface area (Å²) in [6, 6.07) is 8.54. The van der Waals surface area contributed by atoms with E-state index in [1.807, 2.05) is 18.3 Å². The second-order valence-corrected chi connectivity index (χ2v) is 5.00. The molecule has 0 bridgehead atoms. The topological polar surface area (TPSA) is 62.8 Å². The number of aromatic amines is 1. The van der Waals surface area contributed by atoms with Crippen LogP contribution in [0.3, 0.4) is 0 Å². The lowest BCUT2D eigenvalue weighted by Gasteiger charge is -2.07. The molecule has 21 heavy (non-hydrogen) atoms. The Morgan fingerprint density at radius 3 is 3.05 bits per heavy atom. The molecular formula is C15H15ClN4O. The van der Waals surface area contributed by atoms with Gasteiger partial charge in [-0.05, 0) is 18.1 Å². The molecule has 6 heteroatoms. The van der Waals surface area contributed by atoms with Gasteiger partial charge in [0.1, 0.15) is 5.02 Å². The highest BCUT2D eigenvalue weighted by Gasteiger charge is 2.06. The molecular weight excluding hydrogens is 288 g/mol. The second-order valence-electron chi connectivity index (χ2n) is 4.59. The fraction of sp³-hybridized carbons (Fsp3) is 0.200. The van der Waals surface area contributed by atoms with Crippen LogP contribution < -0.4 is 10.1 Å². The summed E-state index contributed by atoms with van der Waals surface area (Å²) in [6.45, 7) is 0.724. The Morgan fingerprint density at radius 2 is 2.19 bits per heavy atom. The maximum atomic E-state index is 6.06. The predicted octanol–water partition coefficient (Wildman–Crippen LogP) is 3.27. The molecule has 2 heterocycles. The third-order valence-corrected chi connectivity index (χ3v) is 3.54. The van der Waals surface area contributed by atoms with Crippen molar-refractivity contribution in [3.8, 4) is 6.01 Å². The summed E-state index contributed by atoms with van der Waals surface area (Å²) >= 11 is 6.06. The Morgan fingerprint density at radius 1 is 1.33 bits per heavy atom. The molecule has 0 saturated heterocycles. The van der Waals surface area contributed by atoms with Gasteiger partial charge in [-0.1, -0.05) is 29.8 Å². The molecule has 0 saturated carbocycles. The van der Waals surface area contributed by atoms with Gasteiger partial charge in [-0.3, -0.25) is 0 Å². The molecule has 0 atom stereocenters. The number of halogens is 1. The number of fused-ring (bicyclic) bond motifs is 1. The van der Waals surface area contributed by atoms with Crippen molar-refractivity contribution in [2.24, 2.45) is 0 Å². The molecule has 0 unspecified atom stereocenters. The summed E-state index contributed by atoms with van der Waals surface area (Å²) in [5.74, 6) is 0.586. The van der Waals surface area contributed by atoms with Crippen molar-refractivity contribution in [2.75, 3.05) is 19.0 Å². The number of nitrogens with zero attached hydrogens (tertiary/aromatic N) is 2. The highest BCUT2D eigenvalue weighted by atomic mass is 35.5. The smallest absolute Gasteiger partial charge is 0.318 e. The average molecular weight is 303 g/mol. The zero-order valence-electron chi connectivity index (χ0n) is 11.6. The number of para-hydroxylation sites is 1. The van der Waals surface area contributed by atoms with Gasteiger partial charge < -0.3 is 15.0 Å². The third kappa shape index (κ3) is 2.92. The number of anilines is 1. The minimum absolute atomic E-state index is 0.300. The SMILES string of the molecule is COc1ncc(Cl)c(NCCc2c[nH]c3ccccc23)n1. The van der Waals surface area contributed by atoms with Crippen LogP contribution in [0.4, 0.5) is 5.82 Å². The number of benzene rings is 1. The van der Waals surface area contributed by atoms with E-state index in [0.717, 1.165) is 18.5 Å². The fourth-order valence-corrected chi connectivity index (χ4v) is 2.39. The molecule has 3 rings (SSSR count). The van der Waals surface area contributed by atoms with Gasteiger partial charge in [0.15, 0.2) is 5.82 Å². The number of H-pyrrole nitrogens is 1. The van der Waals surface area contributed by atoms with Crippen LogP contribution in [0.1, 0.15) is 5.56 Å². The van der Waals surface area contributed by atoms with Gasteiger partial charge in [0.2, 0.25) is 0 Å². The first-order valence-corrected chi connectivity index (χ1v) is 7.01. The Labute approximate surface area is 127 Å². The van der Waals surface area contributed by atoms with Crippen LogP contribution in [0.5, 0.6) is 6.01 Å². The lowest BCUT2D eigenvalue weighted by Crippen LogP contribution is -2.07. The molecule has 0 fully saturated rings. The maximum Gasteiger partial charge on any atom is 0.318 e. The first-order valence-electron chi connectivity index (χ1n) is 6.63. The zero-order chi connectivity index (χ0) is 14.7. The van der Waals surface area contributed by atoms with Gasteiger partial charge in [-0.15, -0.1) is 0 Å². The van der Waals surface area contributed by atoms with Crippen LogP contribution in [0, 0.1) is 0 Å². The molecule has 2 N–H and O–H groups in total. The Kier molecular flexibility index (Phi) is 3.92. The number of methoxy groups -OCH3 is 1. The molecule has 0 aliphatic carbocycles. The van der Waals surface area contributed by atoms with E-state index in [4.69, 9.17) is 16.3 Å². The summed E-state index contributed by atoms with van der Waals surface area (Å²) < 4.78 is 4.99. The number of nitrogens with one attached hydrogen (secondary N) is 2. The molecule has 1 aromatic carbocycles. The molecule has 0 amide bonds. The Balaban J connectivity index is 1.69. The van der Waals surface area contributed by atoms with E-state index >= 15 is 0 Å². The second kappa shape index (κ2) is 6.01. The molecule has 2 aromatic heterocycles. The van der Waals surface area contributed by atoms with Crippen molar-refractivity contribution < 1.29 is 4.74 Å². The third-order valence-electron chi connectivity index (χ3n) is 3.27. The summed E-state index contributed by atoms with van der Waals surface area (Å²) in [4.78, 5) is 11.4. The molecule has 0 aliphatic heterocycles. The van der Waals surface area contributed by atoms with Crippen LogP contribution in [0.2, 0.25) is 5.02 Å². The van der Waals surface area contributed by atoms with Gasteiger partial charge in [-0.2, -0.15) is 4.98 Å². The number of rotatable bonds is 5.